The predicted molar refractivity (Wildman–Crippen MR) is 103 cm³/mol. The number of ether oxygens (including phenoxy) is 2. The molecule has 0 bridgehead atoms. The van der Waals surface area contributed by atoms with Gasteiger partial charge < -0.3 is 14.4 Å². The molecule has 0 radical (unpaired) electrons. The van der Waals surface area contributed by atoms with Crippen molar-refractivity contribution < 1.29 is 14.3 Å². The lowest BCUT2D eigenvalue weighted by molar-refractivity contribution is -0.127. The van der Waals surface area contributed by atoms with Crippen molar-refractivity contribution in [1.82, 2.24) is 9.88 Å². The molecular weight excluding hydrogens is 356 g/mol. The van der Waals surface area contributed by atoms with Crippen LogP contribution in [0, 0.1) is 0 Å². The zero-order chi connectivity index (χ0) is 17.6. The largest absolute Gasteiger partial charge is 0.493 e. The number of thioether (sulfide) groups is 1. The highest BCUT2D eigenvalue weighted by Crippen LogP contribution is 2.33. The van der Waals surface area contributed by atoms with Crippen LogP contribution in [0.1, 0.15) is 18.5 Å². The second-order valence-electron chi connectivity index (χ2n) is 5.79. The maximum absolute atomic E-state index is 12.1. The Morgan fingerprint density at radius 1 is 1.24 bits per heavy atom. The fraction of sp³-hybridized carbons (Fsp3) is 0.444. The third kappa shape index (κ3) is 4.46. The van der Waals surface area contributed by atoms with E-state index in [0.717, 1.165) is 47.9 Å². The summed E-state index contributed by atoms with van der Waals surface area (Å²) in [5.74, 6) is 2.94. The summed E-state index contributed by atoms with van der Waals surface area (Å²) in [6.45, 7) is 1.83. The van der Waals surface area contributed by atoms with Crippen LogP contribution >= 0.6 is 23.1 Å². The van der Waals surface area contributed by atoms with Crippen LogP contribution in [-0.2, 0) is 10.5 Å². The van der Waals surface area contributed by atoms with Crippen molar-refractivity contribution in [2.75, 3.05) is 33.1 Å². The van der Waals surface area contributed by atoms with E-state index in [4.69, 9.17) is 9.47 Å². The molecule has 5 nitrogen and oxygen atoms in total. The maximum Gasteiger partial charge on any atom is 0.232 e. The van der Waals surface area contributed by atoms with Crippen LogP contribution in [0.4, 0.5) is 0 Å². The summed E-state index contributed by atoms with van der Waals surface area (Å²) < 4.78 is 10.6. The number of carbonyl (C=O) groups excluding carboxylic acids is 1. The third-order valence-electron chi connectivity index (χ3n) is 4.12. The number of aromatic nitrogens is 1. The van der Waals surface area contributed by atoms with Gasteiger partial charge in [0.2, 0.25) is 5.91 Å². The second kappa shape index (κ2) is 8.58. The lowest BCUT2D eigenvalue weighted by Crippen LogP contribution is -2.29. The molecule has 0 aliphatic carbocycles. The van der Waals surface area contributed by atoms with Crippen molar-refractivity contribution in [2.24, 2.45) is 0 Å². The van der Waals surface area contributed by atoms with E-state index >= 15 is 0 Å². The maximum atomic E-state index is 12.1. The van der Waals surface area contributed by atoms with Gasteiger partial charge in [0.05, 0.1) is 25.7 Å². The number of methoxy groups -OCH3 is 2. The van der Waals surface area contributed by atoms with Gasteiger partial charge in [-0.1, -0.05) is 0 Å². The highest BCUT2D eigenvalue weighted by atomic mass is 32.2. The highest BCUT2D eigenvalue weighted by molar-refractivity contribution is 7.99. The Morgan fingerprint density at radius 2 is 2.00 bits per heavy atom. The molecule has 1 aromatic heterocycles. The van der Waals surface area contributed by atoms with Gasteiger partial charge in [0.25, 0.3) is 0 Å². The number of benzene rings is 1. The molecule has 1 amide bonds. The smallest absolute Gasteiger partial charge is 0.232 e. The summed E-state index contributed by atoms with van der Waals surface area (Å²) in [6.07, 6.45) is 2.27. The zero-order valence-electron chi connectivity index (χ0n) is 14.5. The number of amides is 1. The van der Waals surface area contributed by atoms with E-state index < -0.39 is 0 Å². The quantitative estimate of drug-likeness (QED) is 0.736. The molecule has 134 valence electrons. The van der Waals surface area contributed by atoms with Gasteiger partial charge >= 0.3 is 0 Å². The Labute approximate surface area is 156 Å². The minimum atomic E-state index is 0.248. The standard InChI is InChI=1S/C18H22N2O3S2/c1-22-15-6-5-13(9-16(15)23-2)18-19-14(11-25-18)10-24-12-17(21)20-7-3-4-8-20/h5-6,9,11H,3-4,7-8,10,12H2,1-2H3. The van der Waals surface area contributed by atoms with E-state index in [2.05, 4.69) is 10.4 Å². The minimum Gasteiger partial charge on any atom is -0.493 e. The van der Waals surface area contributed by atoms with Crippen LogP contribution in [0.25, 0.3) is 10.6 Å². The van der Waals surface area contributed by atoms with Crippen LogP contribution in [0.3, 0.4) is 0 Å². The van der Waals surface area contributed by atoms with Crippen molar-refractivity contribution in [3.05, 3.63) is 29.3 Å². The summed E-state index contributed by atoms with van der Waals surface area (Å²) in [5.41, 5.74) is 2.01. The van der Waals surface area contributed by atoms with Gasteiger partial charge in [-0.05, 0) is 31.0 Å². The molecule has 3 rings (SSSR count). The van der Waals surface area contributed by atoms with Gasteiger partial charge in [-0.2, -0.15) is 0 Å². The zero-order valence-corrected chi connectivity index (χ0v) is 16.1. The number of hydrogen-bond acceptors (Lipinski definition) is 6. The van der Waals surface area contributed by atoms with Crippen LogP contribution < -0.4 is 9.47 Å². The summed E-state index contributed by atoms with van der Waals surface area (Å²) in [6, 6.07) is 5.80. The fourth-order valence-electron chi connectivity index (χ4n) is 2.78. The van der Waals surface area contributed by atoms with E-state index in [0.29, 0.717) is 17.3 Å². The summed E-state index contributed by atoms with van der Waals surface area (Å²) in [5, 5.41) is 3.00. The molecule has 1 aromatic carbocycles. The third-order valence-corrected chi connectivity index (χ3v) is 6.01. The molecule has 0 N–H and O–H groups in total. The van der Waals surface area contributed by atoms with Gasteiger partial charge in [0, 0.05) is 29.8 Å². The summed E-state index contributed by atoms with van der Waals surface area (Å²) in [4.78, 5) is 18.7. The predicted octanol–water partition coefficient (Wildman–Crippen LogP) is 3.68. The van der Waals surface area contributed by atoms with E-state index in [-0.39, 0.29) is 5.91 Å². The molecule has 2 aromatic rings. The molecule has 0 spiro atoms. The second-order valence-corrected chi connectivity index (χ2v) is 7.64. The molecular formula is C18H22N2O3S2. The number of likely N-dealkylation sites (tertiary alicyclic amines) is 1. The van der Waals surface area contributed by atoms with Gasteiger partial charge in [-0.15, -0.1) is 23.1 Å². The lowest BCUT2D eigenvalue weighted by atomic mass is 10.2. The number of carbonyl (C=O) groups is 1. The molecule has 1 saturated heterocycles. The van der Waals surface area contributed by atoms with E-state index in [1.807, 2.05) is 23.1 Å². The molecule has 2 heterocycles. The van der Waals surface area contributed by atoms with Crippen molar-refractivity contribution in [1.29, 1.82) is 0 Å². The Bertz CT molecular complexity index is 727. The summed E-state index contributed by atoms with van der Waals surface area (Å²) >= 11 is 3.24. The Kier molecular flexibility index (Phi) is 6.20. The van der Waals surface area contributed by atoms with Crippen molar-refractivity contribution in [3.63, 3.8) is 0 Å². The van der Waals surface area contributed by atoms with E-state index in [1.54, 1.807) is 37.3 Å². The first-order valence-electron chi connectivity index (χ1n) is 8.23. The van der Waals surface area contributed by atoms with Crippen LogP contribution in [0.15, 0.2) is 23.6 Å². The fourth-order valence-corrected chi connectivity index (χ4v) is 4.51. The Balaban J connectivity index is 1.57. The number of rotatable bonds is 7. The average molecular weight is 379 g/mol. The SMILES string of the molecule is COc1ccc(-c2nc(CSCC(=O)N3CCCC3)cs2)cc1OC. The van der Waals surface area contributed by atoms with Crippen LogP contribution in [-0.4, -0.2) is 48.9 Å². The molecule has 1 aliphatic heterocycles. The van der Waals surface area contributed by atoms with Gasteiger partial charge in [0.1, 0.15) is 5.01 Å². The molecule has 0 atom stereocenters. The van der Waals surface area contributed by atoms with Crippen LogP contribution in [0.2, 0.25) is 0 Å². The van der Waals surface area contributed by atoms with E-state index in [1.165, 1.54) is 0 Å². The topological polar surface area (TPSA) is 51.7 Å². The van der Waals surface area contributed by atoms with Crippen molar-refractivity contribution in [3.8, 4) is 22.1 Å². The molecule has 0 unspecified atom stereocenters. The van der Waals surface area contributed by atoms with Crippen LogP contribution in [0.5, 0.6) is 11.5 Å². The Morgan fingerprint density at radius 3 is 2.72 bits per heavy atom. The summed E-state index contributed by atoms with van der Waals surface area (Å²) in [7, 11) is 3.25. The average Bonchev–Trinajstić information content (AvgIpc) is 3.33. The molecule has 25 heavy (non-hydrogen) atoms. The number of thiazole rings is 1. The molecule has 1 fully saturated rings. The normalized spacial score (nSPS) is 13.9. The van der Waals surface area contributed by atoms with Crippen molar-refractivity contribution >= 4 is 29.0 Å². The van der Waals surface area contributed by atoms with Crippen molar-refractivity contribution in [2.45, 2.75) is 18.6 Å². The lowest BCUT2D eigenvalue weighted by Gasteiger charge is -2.14. The van der Waals surface area contributed by atoms with Gasteiger partial charge in [-0.3, -0.25) is 4.79 Å². The number of nitrogens with zero attached hydrogens (tertiary/aromatic N) is 2. The Hall–Kier alpha value is -1.73. The minimum absolute atomic E-state index is 0.248. The first-order valence-corrected chi connectivity index (χ1v) is 10.3. The highest BCUT2D eigenvalue weighted by Gasteiger charge is 2.17. The molecule has 7 heteroatoms. The molecule has 0 saturated carbocycles. The van der Waals surface area contributed by atoms with E-state index in [9.17, 15) is 4.79 Å². The van der Waals surface area contributed by atoms with Gasteiger partial charge in [0.15, 0.2) is 11.5 Å². The monoisotopic (exact) mass is 378 g/mol. The number of hydrogen-bond donors (Lipinski definition) is 0. The molecule has 1 aliphatic rings. The first kappa shape index (κ1) is 18.1. The first-order chi connectivity index (χ1) is 12.2. The van der Waals surface area contributed by atoms with Gasteiger partial charge in [-0.25, -0.2) is 4.98 Å².